The maximum absolute atomic E-state index is 14.0. The van der Waals surface area contributed by atoms with Gasteiger partial charge in [-0.05, 0) is 31.7 Å². The fourth-order valence-corrected chi connectivity index (χ4v) is 5.29. The number of hydrogen-bond acceptors (Lipinski definition) is 8. The molecule has 0 aliphatic carbocycles. The van der Waals surface area contributed by atoms with Gasteiger partial charge in [0.2, 0.25) is 0 Å². The molecule has 0 fully saturated rings. The van der Waals surface area contributed by atoms with Gasteiger partial charge in [-0.3, -0.25) is 0 Å². The summed E-state index contributed by atoms with van der Waals surface area (Å²) in [6.07, 6.45) is 0. The van der Waals surface area contributed by atoms with Gasteiger partial charge in [0.05, 0.1) is 0 Å². The molecule has 0 amide bonds. The Morgan fingerprint density at radius 3 is 1.59 bits per heavy atom. The molecule has 198 valence electrons. The fraction of sp³-hybridized carbons (Fsp3) is 0.538. The first-order valence-electron chi connectivity index (χ1n) is 8.07. The van der Waals surface area contributed by atoms with Crippen LogP contribution in [0.15, 0.2) is 24.3 Å². The third-order valence-corrected chi connectivity index (χ3v) is 8.52. The number of sulfonamides is 2. The van der Waals surface area contributed by atoms with E-state index in [1.54, 1.807) is 6.92 Å². The largest absolute Gasteiger partial charge is 0.512 e. The van der Waals surface area contributed by atoms with Gasteiger partial charge in [-0.2, -0.15) is 47.9 Å². The van der Waals surface area contributed by atoms with Crippen molar-refractivity contribution in [1.82, 2.24) is 9.44 Å². The molecule has 0 bridgehead atoms. The molecule has 34 heavy (non-hydrogen) atoms. The number of nitrogens with one attached hydrogen (secondary N) is 2. The van der Waals surface area contributed by atoms with E-state index in [1.807, 2.05) is 0 Å². The van der Waals surface area contributed by atoms with Crippen LogP contribution in [0.25, 0.3) is 0 Å². The number of benzene rings is 1. The summed E-state index contributed by atoms with van der Waals surface area (Å²) >= 11 is 0. The highest BCUT2D eigenvalue weighted by atomic mass is 32.3. The standard InChI is InChI=1S/C13H13F9N2O7S3/c1-7(23-2)8-3-5-9(6-4-8)31-34(29,30)12(18,19)10(14,15)11(16,17)32(25,26)24-33(27,28)13(20,21)22/h3-7,23-24H,1-2H3. The minimum absolute atomic E-state index is 0.388. The van der Waals surface area contributed by atoms with Crippen LogP contribution >= 0.6 is 0 Å². The van der Waals surface area contributed by atoms with Crippen LogP contribution in [-0.2, 0) is 30.2 Å². The van der Waals surface area contributed by atoms with Crippen LogP contribution in [-0.4, -0.2) is 54.2 Å². The lowest BCUT2D eigenvalue weighted by atomic mass is 10.1. The first-order valence-corrected chi connectivity index (χ1v) is 12.4. The summed E-state index contributed by atoms with van der Waals surface area (Å²) in [5.41, 5.74) is -6.26. The zero-order valence-electron chi connectivity index (χ0n) is 16.4. The summed E-state index contributed by atoms with van der Waals surface area (Å²) in [7, 11) is -20.8. The van der Waals surface area contributed by atoms with Crippen LogP contribution in [0.3, 0.4) is 0 Å². The Labute approximate surface area is 186 Å². The molecule has 1 aromatic carbocycles. The summed E-state index contributed by atoms with van der Waals surface area (Å²) in [6, 6.07) is 2.99. The van der Waals surface area contributed by atoms with E-state index in [1.165, 1.54) is 7.05 Å². The lowest BCUT2D eigenvalue weighted by Crippen LogP contribution is -2.64. The van der Waals surface area contributed by atoms with Crippen LogP contribution in [0.5, 0.6) is 5.75 Å². The molecule has 0 radical (unpaired) electrons. The highest BCUT2D eigenvalue weighted by molar-refractivity contribution is 8.05. The van der Waals surface area contributed by atoms with Crippen molar-refractivity contribution >= 4 is 30.2 Å². The van der Waals surface area contributed by atoms with Gasteiger partial charge in [0.25, 0.3) is 10.0 Å². The Hall–Kier alpha value is -1.84. The van der Waals surface area contributed by atoms with Gasteiger partial charge in [-0.15, -0.1) is 0 Å². The maximum Gasteiger partial charge on any atom is 0.512 e. The molecule has 1 unspecified atom stereocenters. The molecule has 21 heteroatoms. The molecule has 0 heterocycles. The molecular weight excluding hydrogens is 563 g/mol. The second-order valence-electron chi connectivity index (χ2n) is 6.26. The van der Waals surface area contributed by atoms with Crippen molar-refractivity contribution in [2.24, 2.45) is 0 Å². The highest BCUT2D eigenvalue weighted by Gasteiger charge is 2.83. The topological polar surface area (TPSA) is 136 Å². The summed E-state index contributed by atoms with van der Waals surface area (Å²) in [6.45, 7) is 1.58. The van der Waals surface area contributed by atoms with Crippen LogP contribution in [0.1, 0.15) is 18.5 Å². The minimum Gasteiger partial charge on any atom is -0.378 e. The van der Waals surface area contributed by atoms with Crippen molar-refractivity contribution < 1.29 is 69.0 Å². The molecule has 1 aromatic rings. The molecule has 9 nitrogen and oxygen atoms in total. The number of alkyl halides is 9. The van der Waals surface area contributed by atoms with Crippen molar-refractivity contribution in [3.8, 4) is 5.75 Å². The predicted molar refractivity (Wildman–Crippen MR) is 95.3 cm³/mol. The van der Waals surface area contributed by atoms with E-state index in [0.717, 1.165) is 12.1 Å². The van der Waals surface area contributed by atoms with E-state index in [2.05, 4.69) is 9.50 Å². The van der Waals surface area contributed by atoms with E-state index >= 15 is 0 Å². The van der Waals surface area contributed by atoms with Gasteiger partial charge < -0.3 is 9.50 Å². The third kappa shape index (κ3) is 5.21. The lowest BCUT2D eigenvalue weighted by molar-refractivity contribution is -0.245. The van der Waals surface area contributed by atoms with Crippen LogP contribution < -0.4 is 13.6 Å². The van der Waals surface area contributed by atoms with E-state index in [9.17, 15) is 64.8 Å². The second-order valence-corrected chi connectivity index (χ2v) is 11.5. The van der Waals surface area contributed by atoms with E-state index in [-0.39, 0.29) is 6.04 Å². The molecular formula is C13H13F9N2O7S3. The smallest absolute Gasteiger partial charge is 0.378 e. The Balaban J connectivity index is 3.42. The van der Waals surface area contributed by atoms with Gasteiger partial charge in [-0.1, -0.05) is 16.3 Å². The number of hydrogen-bond donors (Lipinski definition) is 2. The van der Waals surface area contributed by atoms with Crippen molar-refractivity contribution in [3.63, 3.8) is 0 Å². The molecule has 0 aromatic heterocycles. The Morgan fingerprint density at radius 2 is 1.21 bits per heavy atom. The Bertz CT molecular complexity index is 1210. The van der Waals surface area contributed by atoms with E-state index in [0.29, 0.717) is 17.7 Å². The minimum atomic E-state index is -7.84. The molecule has 1 rings (SSSR count). The molecule has 1 atom stereocenters. The van der Waals surface area contributed by atoms with Crippen molar-refractivity contribution in [1.29, 1.82) is 0 Å². The second kappa shape index (κ2) is 8.99. The van der Waals surface area contributed by atoms with Gasteiger partial charge in [0.15, 0.2) is 0 Å². The van der Waals surface area contributed by atoms with E-state index in [4.69, 9.17) is 0 Å². The summed E-state index contributed by atoms with van der Waals surface area (Å²) in [4.78, 5) is 0. The van der Waals surface area contributed by atoms with Crippen LogP contribution in [0.4, 0.5) is 39.5 Å². The lowest BCUT2D eigenvalue weighted by Gasteiger charge is -2.31. The SMILES string of the molecule is CNC(C)c1ccc(OS(=O)(=O)C(F)(F)C(F)(F)C(F)(F)S(=O)(=O)NS(=O)(=O)C(F)(F)F)cc1. The first-order chi connectivity index (χ1) is 14.9. The zero-order chi connectivity index (χ0) is 27.2. The van der Waals surface area contributed by atoms with Gasteiger partial charge in [0, 0.05) is 6.04 Å². The van der Waals surface area contributed by atoms with E-state index < -0.39 is 62.0 Å². The van der Waals surface area contributed by atoms with Crippen molar-refractivity contribution in [2.45, 2.75) is 34.9 Å². The summed E-state index contributed by atoms with van der Waals surface area (Å²) in [5, 5.41) is -11.8. The Kier molecular flexibility index (Phi) is 7.98. The quantitative estimate of drug-likeness (QED) is 0.320. The van der Waals surface area contributed by atoms with Gasteiger partial charge >= 0.3 is 42.1 Å². The van der Waals surface area contributed by atoms with Crippen molar-refractivity contribution in [2.75, 3.05) is 7.05 Å². The van der Waals surface area contributed by atoms with Crippen molar-refractivity contribution in [3.05, 3.63) is 29.8 Å². The summed E-state index contributed by atoms with van der Waals surface area (Å²) < 4.78 is 190. The molecule has 0 saturated carbocycles. The fourth-order valence-electron chi connectivity index (χ4n) is 1.90. The molecule has 2 N–H and O–H groups in total. The normalized spacial score (nSPS) is 15.7. The number of halogens is 9. The molecule has 0 aliphatic rings. The molecule has 0 aliphatic heterocycles. The third-order valence-electron chi connectivity index (χ3n) is 3.93. The molecule has 0 spiro atoms. The van der Waals surface area contributed by atoms with Gasteiger partial charge in [0.1, 0.15) is 5.75 Å². The first kappa shape index (κ1) is 30.2. The van der Waals surface area contributed by atoms with Gasteiger partial charge in [-0.25, -0.2) is 16.8 Å². The monoisotopic (exact) mass is 576 g/mol. The highest BCUT2D eigenvalue weighted by Crippen LogP contribution is 2.51. The predicted octanol–water partition coefficient (Wildman–Crippen LogP) is 2.27. The van der Waals surface area contributed by atoms with Crippen LogP contribution in [0, 0.1) is 0 Å². The zero-order valence-corrected chi connectivity index (χ0v) is 18.8. The number of rotatable bonds is 10. The summed E-state index contributed by atoms with van der Waals surface area (Å²) in [5.74, 6) is -8.67. The average molecular weight is 576 g/mol. The van der Waals surface area contributed by atoms with Crippen LogP contribution in [0.2, 0.25) is 0 Å². The molecule has 0 saturated heterocycles. The maximum atomic E-state index is 14.0. The average Bonchev–Trinajstić information content (AvgIpc) is 2.65. The Morgan fingerprint density at radius 1 is 0.765 bits per heavy atom.